The zero-order valence-electron chi connectivity index (χ0n) is 12.8. The second kappa shape index (κ2) is 5.72. The summed E-state index contributed by atoms with van der Waals surface area (Å²) in [5.74, 6) is 3.01. The van der Waals surface area contributed by atoms with Crippen LogP contribution in [0.1, 0.15) is 41.9 Å². The summed E-state index contributed by atoms with van der Waals surface area (Å²) < 4.78 is 5.74. The van der Waals surface area contributed by atoms with Crippen LogP contribution in [0.5, 0.6) is 5.75 Å². The summed E-state index contributed by atoms with van der Waals surface area (Å²) in [4.78, 5) is 9.54. The fraction of sp³-hybridized carbons (Fsp3) is 0.412. The van der Waals surface area contributed by atoms with Crippen LogP contribution in [0.25, 0.3) is 0 Å². The molecule has 0 aliphatic carbocycles. The van der Waals surface area contributed by atoms with Gasteiger partial charge in [-0.15, -0.1) is 0 Å². The number of hydrogen-bond acceptors (Lipinski definition) is 4. The van der Waals surface area contributed by atoms with Gasteiger partial charge in [0.2, 0.25) is 0 Å². The van der Waals surface area contributed by atoms with E-state index in [2.05, 4.69) is 25.2 Å². The predicted molar refractivity (Wildman–Crippen MR) is 84.1 cm³/mol. The first kappa shape index (κ1) is 13.9. The molecule has 1 aliphatic heterocycles. The third-order valence-corrected chi connectivity index (χ3v) is 4.09. The number of ether oxygens (including phenoxy) is 1. The molecule has 3 rings (SSSR count). The van der Waals surface area contributed by atoms with Crippen LogP contribution in [0.2, 0.25) is 0 Å². The van der Waals surface area contributed by atoms with Crippen LogP contribution >= 0.6 is 0 Å². The summed E-state index contributed by atoms with van der Waals surface area (Å²) in [7, 11) is 1.92. The Labute approximate surface area is 125 Å². The molecular formula is C17H21N3O. The van der Waals surface area contributed by atoms with Crippen molar-refractivity contribution in [3.05, 3.63) is 46.9 Å². The minimum atomic E-state index is 0.214. The van der Waals surface area contributed by atoms with Crippen molar-refractivity contribution in [3.8, 4) is 5.75 Å². The third-order valence-electron chi connectivity index (χ3n) is 4.09. The number of hydrogen-bond donors (Lipinski definition) is 1. The van der Waals surface area contributed by atoms with E-state index in [1.165, 1.54) is 11.1 Å². The maximum atomic E-state index is 5.74. The first-order valence-corrected chi connectivity index (χ1v) is 7.51. The van der Waals surface area contributed by atoms with E-state index >= 15 is 0 Å². The van der Waals surface area contributed by atoms with Gasteiger partial charge in [-0.25, -0.2) is 9.97 Å². The topological polar surface area (TPSA) is 47.0 Å². The van der Waals surface area contributed by atoms with Gasteiger partial charge in [0.15, 0.2) is 0 Å². The third kappa shape index (κ3) is 2.46. The number of rotatable bonds is 3. The standard InChI is InChI=1S/C17H21N3O/c1-4-12-11(2)19-17(20-16(12)18-3)14-9-10-21-15-8-6-5-7-13(14)15/h5-8,14H,4,9-10H2,1-3H3,(H,18,19,20). The van der Waals surface area contributed by atoms with Crippen LogP contribution in [0, 0.1) is 6.92 Å². The second-order valence-electron chi connectivity index (χ2n) is 5.33. The Morgan fingerprint density at radius 1 is 1.29 bits per heavy atom. The van der Waals surface area contributed by atoms with Crippen molar-refractivity contribution < 1.29 is 4.74 Å². The van der Waals surface area contributed by atoms with E-state index in [-0.39, 0.29) is 5.92 Å². The first-order chi connectivity index (χ1) is 10.2. The molecule has 0 bridgehead atoms. The Morgan fingerprint density at radius 2 is 2.10 bits per heavy atom. The van der Waals surface area contributed by atoms with Crippen molar-refractivity contribution in [2.45, 2.75) is 32.6 Å². The van der Waals surface area contributed by atoms with E-state index in [9.17, 15) is 0 Å². The fourth-order valence-electron chi connectivity index (χ4n) is 3.01. The number of aryl methyl sites for hydroxylation is 1. The Morgan fingerprint density at radius 3 is 2.86 bits per heavy atom. The van der Waals surface area contributed by atoms with Crippen molar-refractivity contribution in [3.63, 3.8) is 0 Å². The molecule has 0 saturated carbocycles. The monoisotopic (exact) mass is 283 g/mol. The van der Waals surface area contributed by atoms with E-state index in [4.69, 9.17) is 14.7 Å². The number of nitrogens with one attached hydrogen (secondary N) is 1. The summed E-state index contributed by atoms with van der Waals surface area (Å²) in [6, 6.07) is 8.19. The average Bonchev–Trinajstić information content (AvgIpc) is 2.53. The van der Waals surface area contributed by atoms with Crippen LogP contribution in [0.3, 0.4) is 0 Å². The molecular weight excluding hydrogens is 262 g/mol. The van der Waals surface area contributed by atoms with Gasteiger partial charge in [0.1, 0.15) is 17.4 Å². The Hall–Kier alpha value is -2.10. The molecule has 4 heteroatoms. The van der Waals surface area contributed by atoms with Gasteiger partial charge in [-0.05, 0) is 25.8 Å². The van der Waals surface area contributed by atoms with E-state index in [0.29, 0.717) is 6.61 Å². The smallest absolute Gasteiger partial charge is 0.138 e. The molecule has 110 valence electrons. The molecule has 0 spiro atoms. The molecule has 1 aliphatic rings. The van der Waals surface area contributed by atoms with Gasteiger partial charge in [-0.2, -0.15) is 0 Å². The maximum Gasteiger partial charge on any atom is 0.138 e. The largest absolute Gasteiger partial charge is 0.493 e. The summed E-state index contributed by atoms with van der Waals surface area (Å²) in [5, 5.41) is 3.21. The summed E-state index contributed by atoms with van der Waals surface area (Å²) >= 11 is 0. The predicted octanol–water partition coefficient (Wildman–Crippen LogP) is 3.30. The summed E-state index contributed by atoms with van der Waals surface area (Å²) in [6.07, 6.45) is 1.86. The van der Waals surface area contributed by atoms with Gasteiger partial charge >= 0.3 is 0 Å². The number of nitrogens with zero attached hydrogens (tertiary/aromatic N) is 2. The maximum absolute atomic E-state index is 5.74. The SMILES string of the molecule is CCc1c(C)nc(C2CCOc3ccccc32)nc1NC. The lowest BCUT2D eigenvalue weighted by Crippen LogP contribution is -2.18. The Balaban J connectivity index is 2.08. The number of fused-ring (bicyclic) bond motifs is 1. The molecule has 0 fully saturated rings. The van der Waals surface area contributed by atoms with Gasteiger partial charge < -0.3 is 10.1 Å². The highest BCUT2D eigenvalue weighted by molar-refractivity contribution is 5.48. The molecule has 4 nitrogen and oxygen atoms in total. The Kier molecular flexibility index (Phi) is 3.78. The fourth-order valence-corrected chi connectivity index (χ4v) is 3.01. The minimum Gasteiger partial charge on any atom is -0.493 e. The van der Waals surface area contributed by atoms with E-state index < -0.39 is 0 Å². The van der Waals surface area contributed by atoms with Gasteiger partial charge in [-0.3, -0.25) is 0 Å². The first-order valence-electron chi connectivity index (χ1n) is 7.51. The van der Waals surface area contributed by atoms with Crippen molar-refractivity contribution in [2.24, 2.45) is 0 Å². The van der Waals surface area contributed by atoms with E-state index in [0.717, 1.165) is 35.9 Å². The molecule has 0 saturated heterocycles. The number of benzene rings is 1. The normalized spacial score (nSPS) is 17.0. The molecule has 21 heavy (non-hydrogen) atoms. The second-order valence-corrected chi connectivity index (χ2v) is 5.33. The highest BCUT2D eigenvalue weighted by Gasteiger charge is 2.26. The molecule has 2 aromatic rings. The van der Waals surface area contributed by atoms with Crippen LogP contribution < -0.4 is 10.1 Å². The molecule has 2 heterocycles. The van der Waals surface area contributed by atoms with E-state index in [1.807, 2.05) is 25.2 Å². The van der Waals surface area contributed by atoms with Crippen molar-refractivity contribution in [1.82, 2.24) is 9.97 Å². The summed E-state index contributed by atoms with van der Waals surface area (Å²) in [5.41, 5.74) is 3.45. The van der Waals surface area contributed by atoms with E-state index in [1.54, 1.807) is 0 Å². The molecule has 0 radical (unpaired) electrons. The molecule has 1 atom stereocenters. The Bertz CT molecular complexity index is 654. The van der Waals surface area contributed by atoms with Gasteiger partial charge in [0.05, 0.1) is 12.5 Å². The molecule has 1 N–H and O–H groups in total. The lowest BCUT2D eigenvalue weighted by Gasteiger charge is -2.25. The summed E-state index contributed by atoms with van der Waals surface area (Å²) in [6.45, 7) is 4.92. The lowest BCUT2D eigenvalue weighted by atomic mass is 9.92. The zero-order valence-corrected chi connectivity index (χ0v) is 12.8. The lowest BCUT2D eigenvalue weighted by molar-refractivity contribution is 0.274. The van der Waals surface area contributed by atoms with Crippen molar-refractivity contribution in [1.29, 1.82) is 0 Å². The van der Waals surface area contributed by atoms with Gasteiger partial charge in [0.25, 0.3) is 0 Å². The average molecular weight is 283 g/mol. The molecule has 1 aromatic heterocycles. The molecule has 1 unspecified atom stereocenters. The van der Waals surface area contributed by atoms with Gasteiger partial charge in [0, 0.05) is 23.9 Å². The minimum absolute atomic E-state index is 0.214. The highest BCUT2D eigenvalue weighted by atomic mass is 16.5. The highest BCUT2D eigenvalue weighted by Crippen LogP contribution is 2.37. The number of anilines is 1. The van der Waals surface area contributed by atoms with Crippen LogP contribution in [0.4, 0.5) is 5.82 Å². The molecule has 0 amide bonds. The zero-order chi connectivity index (χ0) is 14.8. The van der Waals surface area contributed by atoms with Crippen LogP contribution in [-0.4, -0.2) is 23.6 Å². The van der Waals surface area contributed by atoms with Crippen LogP contribution in [0.15, 0.2) is 24.3 Å². The van der Waals surface area contributed by atoms with Crippen molar-refractivity contribution >= 4 is 5.82 Å². The number of para-hydroxylation sites is 1. The van der Waals surface area contributed by atoms with Gasteiger partial charge in [-0.1, -0.05) is 25.1 Å². The number of aromatic nitrogens is 2. The quantitative estimate of drug-likeness (QED) is 0.939. The molecule has 1 aromatic carbocycles. The van der Waals surface area contributed by atoms with Crippen LogP contribution in [-0.2, 0) is 6.42 Å². The van der Waals surface area contributed by atoms with Crippen molar-refractivity contribution in [2.75, 3.05) is 19.0 Å².